The van der Waals surface area contributed by atoms with E-state index in [4.69, 9.17) is 9.15 Å². The lowest BCUT2D eigenvalue weighted by Gasteiger charge is -2.18. The van der Waals surface area contributed by atoms with Gasteiger partial charge >= 0.3 is 6.18 Å². The van der Waals surface area contributed by atoms with Gasteiger partial charge < -0.3 is 9.15 Å². The molecular formula is C13H12F3N3O2. The fraction of sp³-hybridized carbons (Fsp3) is 0.462. The molecule has 1 saturated heterocycles. The maximum Gasteiger partial charge on any atom is 0.418 e. The Morgan fingerprint density at radius 1 is 1.24 bits per heavy atom. The highest BCUT2D eigenvalue weighted by Crippen LogP contribution is 2.36. The van der Waals surface area contributed by atoms with Crippen molar-refractivity contribution in [1.29, 1.82) is 0 Å². The van der Waals surface area contributed by atoms with Gasteiger partial charge in [0.05, 0.1) is 18.1 Å². The molecule has 3 rings (SSSR count). The fourth-order valence-corrected chi connectivity index (χ4v) is 2.24. The number of aromatic nitrogens is 3. The third-order valence-corrected chi connectivity index (χ3v) is 3.27. The molecule has 0 spiro atoms. The van der Waals surface area contributed by atoms with Crippen molar-refractivity contribution in [3.8, 4) is 11.6 Å². The standard InChI is InChI=1S/C13H12F3N3O2/c14-13(15,16)9-4-1-5-17-10(9)12-19-18-11(21-12)8-3-2-6-20-7-8/h1,4-5,8H,2-3,6-7H2. The van der Waals surface area contributed by atoms with Crippen LogP contribution in [0.3, 0.4) is 0 Å². The minimum absolute atomic E-state index is 0.0713. The van der Waals surface area contributed by atoms with E-state index in [9.17, 15) is 13.2 Å². The second kappa shape index (κ2) is 5.44. The third kappa shape index (κ3) is 2.90. The average molecular weight is 299 g/mol. The second-order valence-corrected chi connectivity index (χ2v) is 4.76. The van der Waals surface area contributed by atoms with Crippen LogP contribution in [0, 0.1) is 0 Å². The molecule has 1 fully saturated rings. The van der Waals surface area contributed by atoms with Crippen LogP contribution in [0.4, 0.5) is 13.2 Å². The summed E-state index contributed by atoms with van der Waals surface area (Å²) < 4.78 is 49.5. The molecule has 0 bridgehead atoms. The highest BCUT2D eigenvalue weighted by atomic mass is 19.4. The molecule has 1 aliphatic heterocycles. The molecule has 21 heavy (non-hydrogen) atoms. The molecule has 1 atom stereocenters. The lowest BCUT2D eigenvalue weighted by Crippen LogP contribution is -2.15. The van der Waals surface area contributed by atoms with Gasteiger partial charge in [0.2, 0.25) is 5.89 Å². The first-order valence-corrected chi connectivity index (χ1v) is 6.49. The highest BCUT2D eigenvalue weighted by molar-refractivity contribution is 5.53. The Bertz CT molecular complexity index is 621. The van der Waals surface area contributed by atoms with Gasteiger partial charge in [0.25, 0.3) is 5.89 Å². The topological polar surface area (TPSA) is 61.0 Å². The van der Waals surface area contributed by atoms with E-state index < -0.39 is 11.7 Å². The Morgan fingerprint density at radius 2 is 2.10 bits per heavy atom. The predicted molar refractivity (Wildman–Crippen MR) is 65.3 cm³/mol. The fourth-order valence-electron chi connectivity index (χ4n) is 2.24. The quantitative estimate of drug-likeness (QED) is 0.853. The number of nitrogens with zero attached hydrogens (tertiary/aromatic N) is 3. The van der Waals surface area contributed by atoms with Crippen LogP contribution in [0.15, 0.2) is 22.7 Å². The lowest BCUT2D eigenvalue weighted by molar-refractivity contribution is -0.137. The number of hydrogen-bond acceptors (Lipinski definition) is 5. The van der Waals surface area contributed by atoms with Gasteiger partial charge in [-0.1, -0.05) is 0 Å². The van der Waals surface area contributed by atoms with E-state index >= 15 is 0 Å². The molecule has 2 aromatic rings. The first-order valence-electron chi connectivity index (χ1n) is 6.49. The normalized spacial score (nSPS) is 19.7. The van der Waals surface area contributed by atoms with Gasteiger partial charge in [-0.15, -0.1) is 10.2 Å². The molecule has 112 valence electrons. The molecule has 0 aromatic carbocycles. The van der Waals surface area contributed by atoms with Crippen LogP contribution in [0.25, 0.3) is 11.6 Å². The molecule has 1 unspecified atom stereocenters. The summed E-state index contributed by atoms with van der Waals surface area (Å²) in [5.41, 5.74) is -1.24. The Kier molecular flexibility index (Phi) is 3.62. The van der Waals surface area contributed by atoms with E-state index in [0.717, 1.165) is 18.9 Å². The molecule has 0 N–H and O–H groups in total. The largest absolute Gasteiger partial charge is 0.419 e. The molecule has 5 nitrogen and oxygen atoms in total. The Labute approximate surface area is 118 Å². The molecule has 0 amide bonds. The summed E-state index contributed by atoms with van der Waals surface area (Å²) in [6, 6.07) is 2.16. The van der Waals surface area contributed by atoms with Crippen molar-refractivity contribution in [1.82, 2.24) is 15.2 Å². The maximum absolute atomic E-state index is 12.9. The van der Waals surface area contributed by atoms with Gasteiger partial charge in [0.15, 0.2) is 0 Å². The summed E-state index contributed by atoms with van der Waals surface area (Å²) in [5.74, 6) is 0.00465. The number of alkyl halides is 3. The molecule has 0 aliphatic carbocycles. The zero-order chi connectivity index (χ0) is 14.9. The molecule has 1 aliphatic rings. The zero-order valence-electron chi connectivity index (χ0n) is 10.9. The number of ether oxygens (including phenoxy) is 1. The minimum atomic E-state index is -4.52. The summed E-state index contributed by atoms with van der Waals surface area (Å²) in [7, 11) is 0. The maximum atomic E-state index is 12.9. The van der Waals surface area contributed by atoms with Gasteiger partial charge in [-0.25, -0.2) is 0 Å². The first-order chi connectivity index (χ1) is 10.1. The van der Waals surface area contributed by atoms with Crippen LogP contribution in [-0.4, -0.2) is 28.4 Å². The van der Waals surface area contributed by atoms with Gasteiger partial charge in [0.1, 0.15) is 5.69 Å². The van der Waals surface area contributed by atoms with Gasteiger partial charge in [-0.2, -0.15) is 13.2 Å². The van der Waals surface area contributed by atoms with E-state index in [1.165, 1.54) is 12.3 Å². The number of halogens is 3. The molecular weight excluding hydrogens is 287 g/mol. The Morgan fingerprint density at radius 3 is 2.81 bits per heavy atom. The van der Waals surface area contributed by atoms with Crippen molar-refractivity contribution in [2.75, 3.05) is 13.2 Å². The van der Waals surface area contributed by atoms with Crippen LogP contribution in [-0.2, 0) is 10.9 Å². The third-order valence-electron chi connectivity index (χ3n) is 3.27. The van der Waals surface area contributed by atoms with Crippen molar-refractivity contribution in [2.45, 2.75) is 24.9 Å². The second-order valence-electron chi connectivity index (χ2n) is 4.76. The van der Waals surface area contributed by atoms with Gasteiger partial charge in [-0.05, 0) is 25.0 Å². The van der Waals surface area contributed by atoms with Crippen LogP contribution >= 0.6 is 0 Å². The number of hydrogen-bond donors (Lipinski definition) is 0. The van der Waals surface area contributed by atoms with Crippen molar-refractivity contribution in [3.63, 3.8) is 0 Å². The van der Waals surface area contributed by atoms with Crippen LogP contribution in [0.2, 0.25) is 0 Å². The number of pyridine rings is 1. The van der Waals surface area contributed by atoms with E-state index in [1.807, 2.05) is 0 Å². The van der Waals surface area contributed by atoms with Gasteiger partial charge in [0, 0.05) is 12.8 Å². The minimum Gasteiger partial charge on any atom is -0.419 e. The monoisotopic (exact) mass is 299 g/mol. The highest BCUT2D eigenvalue weighted by Gasteiger charge is 2.36. The first kappa shape index (κ1) is 14.0. The van der Waals surface area contributed by atoms with E-state index in [2.05, 4.69) is 15.2 Å². The Balaban J connectivity index is 1.93. The zero-order valence-corrected chi connectivity index (χ0v) is 10.9. The van der Waals surface area contributed by atoms with Crippen LogP contribution in [0.5, 0.6) is 0 Å². The summed E-state index contributed by atoms with van der Waals surface area (Å²) >= 11 is 0. The van der Waals surface area contributed by atoms with Crippen molar-refractivity contribution >= 4 is 0 Å². The molecule has 3 heterocycles. The van der Waals surface area contributed by atoms with E-state index in [1.54, 1.807) is 0 Å². The average Bonchev–Trinajstić information content (AvgIpc) is 2.97. The Hall–Kier alpha value is -1.96. The summed E-state index contributed by atoms with van der Waals surface area (Å²) in [4.78, 5) is 3.73. The predicted octanol–water partition coefficient (Wildman–Crippen LogP) is 3.04. The summed E-state index contributed by atoms with van der Waals surface area (Å²) in [5, 5.41) is 7.54. The lowest BCUT2D eigenvalue weighted by atomic mass is 10.0. The molecule has 0 radical (unpaired) electrons. The van der Waals surface area contributed by atoms with Crippen LogP contribution < -0.4 is 0 Å². The van der Waals surface area contributed by atoms with Crippen LogP contribution in [0.1, 0.15) is 30.2 Å². The smallest absolute Gasteiger partial charge is 0.418 e. The summed E-state index contributed by atoms with van der Waals surface area (Å²) in [6.45, 7) is 1.12. The number of rotatable bonds is 2. The molecule has 0 saturated carbocycles. The SMILES string of the molecule is FC(F)(F)c1cccnc1-c1nnc(C2CCCOC2)o1. The summed E-state index contributed by atoms with van der Waals surface area (Å²) in [6.07, 6.45) is -1.58. The van der Waals surface area contributed by atoms with Gasteiger partial charge in [-0.3, -0.25) is 4.98 Å². The van der Waals surface area contributed by atoms with Crippen molar-refractivity contribution < 1.29 is 22.3 Å². The van der Waals surface area contributed by atoms with Crippen molar-refractivity contribution in [3.05, 3.63) is 29.8 Å². The van der Waals surface area contributed by atoms with Crippen molar-refractivity contribution in [2.24, 2.45) is 0 Å². The molecule has 2 aromatic heterocycles. The molecule has 8 heteroatoms. The van der Waals surface area contributed by atoms with E-state index in [0.29, 0.717) is 19.1 Å². The van der Waals surface area contributed by atoms with E-state index in [-0.39, 0.29) is 17.5 Å².